The molecule has 6 nitrogen and oxygen atoms in total. The van der Waals surface area contributed by atoms with Gasteiger partial charge in [-0.1, -0.05) is 12.8 Å². The lowest BCUT2D eigenvalue weighted by Crippen LogP contribution is -2.39. The molecule has 0 bridgehead atoms. The number of nitrogens with zero attached hydrogens (tertiary/aromatic N) is 5. The van der Waals surface area contributed by atoms with Crippen LogP contribution in [-0.2, 0) is 6.54 Å². The molecular formula is C19H28N6S. The average Bonchev–Trinajstić information content (AvgIpc) is 3.02. The molecule has 0 aromatic carbocycles. The van der Waals surface area contributed by atoms with Crippen molar-refractivity contribution in [3.63, 3.8) is 0 Å². The number of hydrogen-bond donors (Lipinski definition) is 1. The first-order chi connectivity index (χ1) is 12.9. The Labute approximate surface area is 159 Å². The molecule has 0 saturated carbocycles. The first-order valence-electron chi connectivity index (χ1n) is 9.82. The van der Waals surface area contributed by atoms with Crippen molar-refractivity contribution in [2.24, 2.45) is 0 Å². The van der Waals surface area contributed by atoms with E-state index in [4.69, 9.17) is 4.98 Å². The Morgan fingerprint density at radius 1 is 1.00 bits per heavy atom. The molecule has 2 aliphatic heterocycles. The van der Waals surface area contributed by atoms with Crippen molar-refractivity contribution in [2.75, 3.05) is 36.4 Å². The molecule has 0 unspecified atom stereocenters. The molecule has 1 N–H and O–H groups in total. The summed E-state index contributed by atoms with van der Waals surface area (Å²) in [5, 5.41) is 6.83. The van der Waals surface area contributed by atoms with E-state index in [0.717, 1.165) is 57.3 Å². The van der Waals surface area contributed by atoms with Crippen LogP contribution < -0.4 is 10.2 Å². The van der Waals surface area contributed by atoms with E-state index in [-0.39, 0.29) is 0 Å². The van der Waals surface area contributed by atoms with Crippen molar-refractivity contribution < 1.29 is 0 Å². The molecular weight excluding hydrogens is 344 g/mol. The van der Waals surface area contributed by atoms with Gasteiger partial charge in [-0.05, 0) is 31.7 Å². The van der Waals surface area contributed by atoms with E-state index in [0.29, 0.717) is 6.04 Å². The molecule has 0 aliphatic carbocycles. The number of anilines is 2. The number of rotatable bonds is 5. The van der Waals surface area contributed by atoms with E-state index in [2.05, 4.69) is 30.5 Å². The summed E-state index contributed by atoms with van der Waals surface area (Å²) < 4.78 is 0. The van der Waals surface area contributed by atoms with Gasteiger partial charge in [0.05, 0.1) is 6.54 Å². The van der Waals surface area contributed by atoms with Crippen molar-refractivity contribution in [2.45, 2.75) is 51.1 Å². The second kappa shape index (κ2) is 8.77. The topological polar surface area (TPSA) is 57.2 Å². The summed E-state index contributed by atoms with van der Waals surface area (Å²) in [6, 6.07) is 2.51. The fourth-order valence-electron chi connectivity index (χ4n) is 3.83. The highest BCUT2D eigenvalue weighted by Gasteiger charge is 2.21. The third kappa shape index (κ3) is 4.71. The van der Waals surface area contributed by atoms with Gasteiger partial charge in [-0.25, -0.2) is 9.97 Å². The van der Waals surface area contributed by atoms with Gasteiger partial charge in [0.2, 0.25) is 5.95 Å². The molecule has 0 amide bonds. The Morgan fingerprint density at radius 2 is 1.81 bits per heavy atom. The number of nitrogens with one attached hydrogen (secondary N) is 1. The summed E-state index contributed by atoms with van der Waals surface area (Å²) in [7, 11) is 0. The Balaban J connectivity index is 1.30. The standard InChI is InChI=1S/C19H28N6S/c1-2-4-11-25(10-3-1)17-5-8-21-19(23-17)22-16-6-12-24(13-7-16)15-18-20-9-14-26-18/h5,8-9,14,16H,1-4,6-7,10-13,15H2,(H,21,22,23). The second-order valence-electron chi connectivity index (χ2n) is 7.26. The van der Waals surface area contributed by atoms with Crippen LogP contribution in [0.15, 0.2) is 23.8 Å². The fraction of sp³-hybridized carbons (Fsp3) is 0.632. The molecule has 2 saturated heterocycles. The van der Waals surface area contributed by atoms with Gasteiger partial charge in [0.15, 0.2) is 0 Å². The lowest BCUT2D eigenvalue weighted by Gasteiger charge is -2.32. The number of piperidine rings is 1. The first kappa shape index (κ1) is 17.7. The highest BCUT2D eigenvalue weighted by molar-refractivity contribution is 7.09. The number of aromatic nitrogens is 3. The minimum Gasteiger partial charge on any atom is -0.356 e. The van der Waals surface area contributed by atoms with Crippen molar-refractivity contribution >= 4 is 23.1 Å². The normalized spacial score (nSPS) is 20.1. The van der Waals surface area contributed by atoms with Crippen LogP contribution in [0.2, 0.25) is 0 Å². The van der Waals surface area contributed by atoms with Crippen LogP contribution >= 0.6 is 11.3 Å². The molecule has 0 atom stereocenters. The number of likely N-dealkylation sites (tertiary alicyclic amines) is 1. The van der Waals surface area contributed by atoms with E-state index in [1.54, 1.807) is 11.3 Å². The minimum absolute atomic E-state index is 0.460. The summed E-state index contributed by atoms with van der Waals surface area (Å²) in [6.07, 6.45) is 11.3. The number of hydrogen-bond acceptors (Lipinski definition) is 7. The molecule has 2 aromatic heterocycles. The fourth-order valence-corrected chi connectivity index (χ4v) is 4.49. The molecule has 2 fully saturated rings. The van der Waals surface area contributed by atoms with Crippen LogP contribution in [0.5, 0.6) is 0 Å². The zero-order chi connectivity index (χ0) is 17.6. The number of thiazole rings is 1. The van der Waals surface area contributed by atoms with Gasteiger partial charge in [0.1, 0.15) is 10.8 Å². The summed E-state index contributed by atoms with van der Waals surface area (Å²) >= 11 is 1.74. The maximum absolute atomic E-state index is 4.79. The van der Waals surface area contributed by atoms with Gasteiger partial charge >= 0.3 is 0 Å². The predicted molar refractivity (Wildman–Crippen MR) is 107 cm³/mol. The van der Waals surface area contributed by atoms with E-state index in [1.165, 1.54) is 30.7 Å². The first-order valence-corrected chi connectivity index (χ1v) is 10.7. The monoisotopic (exact) mass is 372 g/mol. The summed E-state index contributed by atoms with van der Waals surface area (Å²) in [6.45, 7) is 5.41. The molecule has 0 radical (unpaired) electrons. The molecule has 4 heterocycles. The Kier molecular flexibility index (Phi) is 5.96. The van der Waals surface area contributed by atoms with Crippen molar-refractivity contribution in [1.29, 1.82) is 0 Å². The predicted octanol–water partition coefficient (Wildman–Crippen LogP) is 3.39. The maximum Gasteiger partial charge on any atom is 0.224 e. The zero-order valence-electron chi connectivity index (χ0n) is 15.3. The van der Waals surface area contributed by atoms with E-state index < -0.39 is 0 Å². The minimum atomic E-state index is 0.460. The Bertz CT molecular complexity index is 660. The van der Waals surface area contributed by atoms with Gasteiger partial charge < -0.3 is 10.2 Å². The van der Waals surface area contributed by atoms with E-state index in [9.17, 15) is 0 Å². The van der Waals surface area contributed by atoms with Gasteiger partial charge in [0, 0.05) is 50.0 Å². The molecule has 4 rings (SSSR count). The van der Waals surface area contributed by atoms with Crippen molar-refractivity contribution in [3.8, 4) is 0 Å². The summed E-state index contributed by atoms with van der Waals surface area (Å²) in [5.74, 6) is 1.86. The van der Waals surface area contributed by atoms with Gasteiger partial charge in [0.25, 0.3) is 0 Å². The van der Waals surface area contributed by atoms with Gasteiger partial charge in [-0.2, -0.15) is 4.98 Å². The summed E-state index contributed by atoms with van der Waals surface area (Å²) in [4.78, 5) is 18.6. The Hall–Kier alpha value is -1.73. The smallest absolute Gasteiger partial charge is 0.224 e. The third-order valence-electron chi connectivity index (χ3n) is 5.33. The maximum atomic E-state index is 4.79. The molecule has 26 heavy (non-hydrogen) atoms. The zero-order valence-corrected chi connectivity index (χ0v) is 16.1. The van der Waals surface area contributed by atoms with Crippen LogP contribution in [0.3, 0.4) is 0 Å². The van der Waals surface area contributed by atoms with E-state index in [1.807, 2.05) is 18.5 Å². The second-order valence-corrected chi connectivity index (χ2v) is 8.24. The van der Waals surface area contributed by atoms with Gasteiger partial charge in [-0.3, -0.25) is 4.90 Å². The molecule has 7 heteroatoms. The van der Waals surface area contributed by atoms with Crippen LogP contribution in [0, 0.1) is 0 Å². The third-order valence-corrected chi connectivity index (χ3v) is 6.10. The molecule has 0 spiro atoms. The Morgan fingerprint density at radius 3 is 2.54 bits per heavy atom. The lowest BCUT2D eigenvalue weighted by atomic mass is 10.1. The highest BCUT2D eigenvalue weighted by atomic mass is 32.1. The average molecular weight is 373 g/mol. The lowest BCUT2D eigenvalue weighted by molar-refractivity contribution is 0.211. The molecule has 2 aromatic rings. The largest absolute Gasteiger partial charge is 0.356 e. The van der Waals surface area contributed by atoms with Crippen molar-refractivity contribution in [3.05, 3.63) is 28.8 Å². The van der Waals surface area contributed by atoms with Crippen LogP contribution in [-0.4, -0.2) is 52.1 Å². The summed E-state index contributed by atoms with van der Waals surface area (Å²) in [5.41, 5.74) is 0. The van der Waals surface area contributed by atoms with Crippen LogP contribution in [0.4, 0.5) is 11.8 Å². The van der Waals surface area contributed by atoms with Crippen LogP contribution in [0.25, 0.3) is 0 Å². The van der Waals surface area contributed by atoms with Crippen molar-refractivity contribution in [1.82, 2.24) is 19.9 Å². The van der Waals surface area contributed by atoms with Gasteiger partial charge in [-0.15, -0.1) is 11.3 Å². The molecule has 140 valence electrons. The molecule has 2 aliphatic rings. The van der Waals surface area contributed by atoms with Crippen LogP contribution in [0.1, 0.15) is 43.5 Å². The van der Waals surface area contributed by atoms with E-state index >= 15 is 0 Å². The highest BCUT2D eigenvalue weighted by Crippen LogP contribution is 2.20. The quantitative estimate of drug-likeness (QED) is 0.868. The SMILES string of the molecule is c1cc(N2CCCCCC2)nc(NC2CCN(Cc3nccs3)CC2)n1.